The van der Waals surface area contributed by atoms with Crippen LogP contribution in [0.2, 0.25) is 5.02 Å². The number of carbonyl (C=O) groups excluding carboxylic acids is 1. The van der Waals surface area contributed by atoms with Gasteiger partial charge in [-0.15, -0.1) is 5.10 Å². The number of likely N-dealkylation sites (N-methyl/N-ethyl adjacent to an activating group) is 1. The van der Waals surface area contributed by atoms with Crippen molar-refractivity contribution in [3.63, 3.8) is 0 Å². The molecule has 1 saturated heterocycles. The predicted molar refractivity (Wildman–Crippen MR) is 107 cm³/mol. The van der Waals surface area contributed by atoms with E-state index in [0.29, 0.717) is 29.9 Å². The molecule has 0 radical (unpaired) electrons. The minimum absolute atomic E-state index is 0.00336. The van der Waals surface area contributed by atoms with Crippen molar-refractivity contribution >= 4 is 29.3 Å². The van der Waals surface area contributed by atoms with Gasteiger partial charge in [0.2, 0.25) is 11.1 Å². The molecule has 1 fully saturated rings. The van der Waals surface area contributed by atoms with Gasteiger partial charge in [-0.3, -0.25) is 4.79 Å². The summed E-state index contributed by atoms with van der Waals surface area (Å²) in [6, 6.07) is 7.14. The molecule has 1 aromatic heterocycles. The Balaban J connectivity index is 1.45. The molecule has 1 aromatic carbocycles. The summed E-state index contributed by atoms with van der Waals surface area (Å²) in [7, 11) is 1.76. The Morgan fingerprint density at radius 2 is 2.25 bits per heavy atom. The van der Waals surface area contributed by atoms with Gasteiger partial charge >= 0.3 is 0 Å². The van der Waals surface area contributed by atoms with Gasteiger partial charge in [-0.05, 0) is 54.5 Å². The van der Waals surface area contributed by atoms with E-state index in [1.165, 1.54) is 11.8 Å². The average molecular weight is 426 g/mol. The van der Waals surface area contributed by atoms with Crippen LogP contribution in [-0.4, -0.2) is 69.2 Å². The maximum atomic E-state index is 12.6. The van der Waals surface area contributed by atoms with Crippen LogP contribution in [0.5, 0.6) is 5.75 Å². The Morgan fingerprint density at radius 1 is 1.46 bits per heavy atom. The molecule has 152 valence electrons. The van der Waals surface area contributed by atoms with E-state index in [1.807, 2.05) is 6.92 Å². The third kappa shape index (κ3) is 5.83. The van der Waals surface area contributed by atoms with Crippen molar-refractivity contribution in [3.8, 4) is 5.75 Å². The first kappa shape index (κ1) is 20.9. The van der Waals surface area contributed by atoms with Gasteiger partial charge in [-0.25, -0.2) is 4.68 Å². The number of amides is 1. The van der Waals surface area contributed by atoms with E-state index in [9.17, 15) is 4.79 Å². The zero-order chi connectivity index (χ0) is 19.9. The Labute approximate surface area is 173 Å². The van der Waals surface area contributed by atoms with Crippen LogP contribution in [0.3, 0.4) is 0 Å². The standard InChI is InChI=1S/C18H24ClN5O3S/c1-13(28-18-20-21-22-24(18)12-16-4-3-10-26-16)17(25)23(2)9-11-27-15-7-5-14(19)6-8-15/h5-8,13,16H,3-4,9-12H2,1-2H3. The normalized spacial score (nSPS) is 17.5. The minimum atomic E-state index is -0.310. The summed E-state index contributed by atoms with van der Waals surface area (Å²) in [5.41, 5.74) is 0. The SMILES string of the molecule is CC(Sc1nnnn1CC1CCCO1)C(=O)N(C)CCOc1ccc(Cl)cc1. The number of halogens is 1. The molecule has 8 nitrogen and oxygen atoms in total. The molecular weight excluding hydrogens is 402 g/mol. The summed E-state index contributed by atoms with van der Waals surface area (Å²) in [5.74, 6) is 0.720. The van der Waals surface area contributed by atoms with Crippen molar-refractivity contribution in [2.24, 2.45) is 0 Å². The minimum Gasteiger partial charge on any atom is -0.492 e. The maximum Gasteiger partial charge on any atom is 0.235 e. The predicted octanol–water partition coefficient (Wildman–Crippen LogP) is 2.52. The summed E-state index contributed by atoms with van der Waals surface area (Å²) in [4.78, 5) is 14.3. The molecule has 3 rings (SSSR count). The van der Waals surface area contributed by atoms with Crippen LogP contribution in [0, 0.1) is 0 Å². The van der Waals surface area contributed by atoms with E-state index in [4.69, 9.17) is 21.1 Å². The van der Waals surface area contributed by atoms with Gasteiger partial charge in [-0.2, -0.15) is 0 Å². The first-order valence-corrected chi connectivity index (χ1v) is 10.5. The van der Waals surface area contributed by atoms with E-state index >= 15 is 0 Å². The van der Waals surface area contributed by atoms with Crippen LogP contribution in [0.4, 0.5) is 0 Å². The number of thioether (sulfide) groups is 1. The van der Waals surface area contributed by atoms with E-state index in [-0.39, 0.29) is 17.3 Å². The third-order valence-corrected chi connectivity index (χ3v) is 5.73. The number of aromatic nitrogens is 4. The summed E-state index contributed by atoms with van der Waals surface area (Å²) in [6.07, 6.45) is 2.21. The van der Waals surface area contributed by atoms with Gasteiger partial charge < -0.3 is 14.4 Å². The topological polar surface area (TPSA) is 82.4 Å². The smallest absolute Gasteiger partial charge is 0.235 e. The van der Waals surface area contributed by atoms with Crippen LogP contribution < -0.4 is 4.74 Å². The van der Waals surface area contributed by atoms with Crippen LogP contribution in [0.15, 0.2) is 29.4 Å². The molecule has 0 saturated carbocycles. The van der Waals surface area contributed by atoms with Crippen molar-refractivity contribution in [2.45, 2.75) is 42.8 Å². The lowest BCUT2D eigenvalue weighted by molar-refractivity contribution is -0.129. The lowest BCUT2D eigenvalue weighted by Gasteiger charge is -2.21. The second-order valence-corrected chi connectivity index (χ2v) is 8.35. The van der Waals surface area contributed by atoms with E-state index in [1.54, 1.807) is 40.9 Å². The van der Waals surface area contributed by atoms with Gasteiger partial charge in [-0.1, -0.05) is 23.4 Å². The van der Waals surface area contributed by atoms with Crippen molar-refractivity contribution in [3.05, 3.63) is 29.3 Å². The van der Waals surface area contributed by atoms with Gasteiger partial charge in [0, 0.05) is 18.7 Å². The number of nitrogens with zero attached hydrogens (tertiary/aromatic N) is 5. The largest absolute Gasteiger partial charge is 0.492 e. The van der Waals surface area contributed by atoms with Crippen LogP contribution in [0.25, 0.3) is 0 Å². The Bertz CT molecular complexity index is 767. The first-order chi connectivity index (χ1) is 13.5. The number of tetrazole rings is 1. The Hall–Kier alpha value is -1.84. The van der Waals surface area contributed by atoms with Gasteiger partial charge in [0.05, 0.1) is 24.4 Å². The van der Waals surface area contributed by atoms with Gasteiger partial charge in [0.1, 0.15) is 12.4 Å². The summed E-state index contributed by atoms with van der Waals surface area (Å²) in [6.45, 7) is 4.13. The highest BCUT2D eigenvalue weighted by molar-refractivity contribution is 8.00. The number of hydrogen-bond donors (Lipinski definition) is 0. The molecule has 1 aliphatic rings. The fraction of sp³-hybridized carbons (Fsp3) is 0.556. The highest BCUT2D eigenvalue weighted by atomic mass is 35.5. The number of hydrogen-bond acceptors (Lipinski definition) is 7. The highest BCUT2D eigenvalue weighted by Crippen LogP contribution is 2.23. The number of ether oxygens (including phenoxy) is 2. The van der Waals surface area contributed by atoms with Gasteiger partial charge in [0.25, 0.3) is 0 Å². The lowest BCUT2D eigenvalue weighted by Crippen LogP contribution is -2.36. The molecule has 1 aliphatic heterocycles. The summed E-state index contributed by atoms with van der Waals surface area (Å²) >= 11 is 7.21. The molecule has 0 spiro atoms. The monoisotopic (exact) mass is 425 g/mol. The third-order valence-electron chi connectivity index (χ3n) is 4.41. The molecule has 1 amide bonds. The molecule has 2 aromatic rings. The molecule has 0 N–H and O–H groups in total. The summed E-state index contributed by atoms with van der Waals surface area (Å²) < 4.78 is 13.0. The second kappa shape index (κ2) is 10.1. The van der Waals surface area contributed by atoms with Crippen LogP contribution in [0.1, 0.15) is 19.8 Å². The maximum absolute atomic E-state index is 12.6. The quantitative estimate of drug-likeness (QED) is 0.571. The second-order valence-electron chi connectivity index (χ2n) is 6.60. The number of carbonyl (C=O) groups is 1. The Kier molecular flexibility index (Phi) is 7.52. The fourth-order valence-corrected chi connectivity index (χ4v) is 3.88. The average Bonchev–Trinajstić information content (AvgIpc) is 3.35. The lowest BCUT2D eigenvalue weighted by atomic mass is 10.2. The molecule has 0 bridgehead atoms. The van der Waals surface area contributed by atoms with E-state index < -0.39 is 0 Å². The van der Waals surface area contributed by atoms with E-state index in [2.05, 4.69) is 15.5 Å². The van der Waals surface area contributed by atoms with Crippen LogP contribution >= 0.6 is 23.4 Å². The summed E-state index contributed by atoms with van der Waals surface area (Å²) in [5, 5.41) is 12.8. The van der Waals surface area contributed by atoms with Crippen LogP contribution in [-0.2, 0) is 16.1 Å². The van der Waals surface area contributed by atoms with Crippen molar-refractivity contribution in [1.29, 1.82) is 0 Å². The molecule has 2 unspecified atom stereocenters. The molecule has 0 aliphatic carbocycles. The highest BCUT2D eigenvalue weighted by Gasteiger charge is 2.24. The van der Waals surface area contributed by atoms with Crippen molar-refractivity contribution < 1.29 is 14.3 Å². The molecule has 2 heterocycles. The molecule has 28 heavy (non-hydrogen) atoms. The van der Waals surface area contributed by atoms with E-state index in [0.717, 1.165) is 25.2 Å². The zero-order valence-electron chi connectivity index (χ0n) is 16.0. The van der Waals surface area contributed by atoms with Crippen molar-refractivity contribution in [2.75, 3.05) is 26.8 Å². The van der Waals surface area contributed by atoms with Crippen molar-refractivity contribution in [1.82, 2.24) is 25.1 Å². The molecule has 2 atom stereocenters. The van der Waals surface area contributed by atoms with Gasteiger partial charge in [0.15, 0.2) is 0 Å². The fourth-order valence-electron chi connectivity index (χ4n) is 2.84. The Morgan fingerprint density at radius 3 is 2.96 bits per heavy atom. The molecular formula is C18H24ClN5O3S. The zero-order valence-corrected chi connectivity index (χ0v) is 17.5. The first-order valence-electron chi connectivity index (χ1n) is 9.20. The number of benzene rings is 1. The molecule has 10 heteroatoms. The number of rotatable bonds is 9.